The molecule has 1 saturated carbocycles. The summed E-state index contributed by atoms with van der Waals surface area (Å²) in [6.45, 7) is 6.55. The minimum absolute atomic E-state index is 0.104. The Morgan fingerprint density at radius 3 is 2.38 bits per heavy atom. The van der Waals surface area contributed by atoms with Crippen molar-refractivity contribution in [2.75, 3.05) is 14.1 Å². The molecule has 1 aliphatic carbocycles. The summed E-state index contributed by atoms with van der Waals surface area (Å²) in [5.74, 6) is -0.109. The van der Waals surface area contributed by atoms with Gasteiger partial charge < -0.3 is 16.0 Å². The second kappa shape index (κ2) is 11.4. The van der Waals surface area contributed by atoms with Crippen LogP contribution in [0.15, 0.2) is 34.4 Å². The summed E-state index contributed by atoms with van der Waals surface area (Å²) in [7, 11) is 3.75. The number of hydrogen-bond acceptors (Lipinski definition) is 5. The molecule has 4 atom stereocenters. The van der Waals surface area contributed by atoms with Crippen LogP contribution in [0.1, 0.15) is 70.9 Å². The number of guanidine groups is 1. The van der Waals surface area contributed by atoms with Crippen molar-refractivity contribution in [3.05, 3.63) is 40.6 Å². The number of benzene rings is 1. The molecule has 34 heavy (non-hydrogen) atoms. The molecule has 1 saturated heterocycles. The molecule has 9 heteroatoms. The molecule has 1 heterocycles. The molecule has 2 fully saturated rings. The Bertz CT molecular complexity index is 863. The molecule has 0 radical (unpaired) electrons. The van der Waals surface area contributed by atoms with E-state index in [0.717, 1.165) is 32.1 Å². The van der Waals surface area contributed by atoms with Crippen LogP contribution in [0.3, 0.4) is 0 Å². The molecule has 0 aromatic heterocycles. The van der Waals surface area contributed by atoms with Crippen LogP contribution in [0.4, 0.5) is 4.39 Å². The summed E-state index contributed by atoms with van der Waals surface area (Å²) in [6, 6.07) is 5.49. The zero-order valence-electron chi connectivity index (χ0n) is 21.0. The van der Waals surface area contributed by atoms with Gasteiger partial charge in [0, 0.05) is 18.5 Å². The third kappa shape index (κ3) is 6.60. The number of carbonyl (C=O) groups is 1. The van der Waals surface area contributed by atoms with E-state index in [1.165, 1.54) is 12.1 Å². The van der Waals surface area contributed by atoms with Crippen LogP contribution in [-0.2, 0) is 4.79 Å². The lowest BCUT2D eigenvalue weighted by atomic mass is 9.75. The van der Waals surface area contributed by atoms with Gasteiger partial charge in [0.2, 0.25) is 5.96 Å². The number of nitrogens with one attached hydrogen (secondary N) is 3. The molecule has 1 aromatic rings. The number of nitrogens with zero attached hydrogens (tertiary/aromatic N) is 3. The molecule has 4 unspecified atom stereocenters. The third-order valence-corrected chi connectivity index (χ3v) is 7.13. The Labute approximate surface area is 202 Å². The fourth-order valence-corrected chi connectivity index (χ4v) is 4.98. The topological polar surface area (TPSA) is 98.2 Å². The SMILES string of the molecule is CNC(CC(N=O)c1ccc(F)cc1)N/C(=N\C(=O)C1CC(C(C)(C)C)N1C)NC1CCCC1. The number of aliphatic imine (C=N–C) groups is 1. The molecule has 1 aromatic carbocycles. The number of likely N-dealkylation sites (tertiary alicyclic amines) is 1. The van der Waals surface area contributed by atoms with Crippen LogP contribution in [0.2, 0.25) is 0 Å². The molecule has 0 bridgehead atoms. The molecule has 1 aliphatic heterocycles. The van der Waals surface area contributed by atoms with E-state index in [1.54, 1.807) is 19.2 Å². The highest BCUT2D eigenvalue weighted by Crippen LogP contribution is 2.37. The summed E-state index contributed by atoms with van der Waals surface area (Å²) in [6.07, 6.45) is 5.10. The molecule has 3 rings (SSSR count). The van der Waals surface area contributed by atoms with Gasteiger partial charge in [-0.1, -0.05) is 50.9 Å². The van der Waals surface area contributed by atoms with Gasteiger partial charge >= 0.3 is 0 Å². The normalized spacial score (nSPS) is 23.8. The zero-order chi connectivity index (χ0) is 24.9. The maximum absolute atomic E-state index is 13.3. The van der Waals surface area contributed by atoms with Crippen molar-refractivity contribution in [2.24, 2.45) is 15.6 Å². The first-order chi connectivity index (χ1) is 16.1. The first-order valence-electron chi connectivity index (χ1n) is 12.2. The summed E-state index contributed by atoms with van der Waals surface area (Å²) in [5.41, 5.74) is 0.744. The molecular weight excluding hydrogens is 435 g/mol. The van der Waals surface area contributed by atoms with Crippen molar-refractivity contribution < 1.29 is 9.18 Å². The smallest absolute Gasteiger partial charge is 0.266 e. The first-order valence-corrected chi connectivity index (χ1v) is 12.2. The van der Waals surface area contributed by atoms with Crippen molar-refractivity contribution in [2.45, 2.75) is 89.6 Å². The van der Waals surface area contributed by atoms with E-state index in [-0.39, 0.29) is 35.4 Å². The number of likely N-dealkylation sites (N-methyl/N-ethyl adjacent to an activating group) is 1. The molecule has 188 valence electrons. The summed E-state index contributed by atoms with van der Waals surface area (Å²) in [5, 5.41) is 13.1. The van der Waals surface area contributed by atoms with Crippen molar-refractivity contribution in [3.8, 4) is 0 Å². The summed E-state index contributed by atoms with van der Waals surface area (Å²) < 4.78 is 13.3. The van der Waals surface area contributed by atoms with Crippen LogP contribution in [0.25, 0.3) is 0 Å². The average molecular weight is 475 g/mol. The van der Waals surface area contributed by atoms with E-state index in [0.29, 0.717) is 24.0 Å². The van der Waals surface area contributed by atoms with Crippen LogP contribution >= 0.6 is 0 Å². The molecule has 0 spiro atoms. The fourth-order valence-electron chi connectivity index (χ4n) is 4.98. The number of nitroso groups, excluding NO2 is 1. The standard InChI is InChI=1S/C25H39FN6O2/c1-25(2,3)21-15-20(32(21)5)23(33)30-24(28-18-8-6-7-9-18)29-22(27-4)14-19(31-34)16-10-12-17(26)13-11-16/h10-13,18-22,27H,6-9,14-15H2,1-5H3,(H2,28,29,30,33). The first kappa shape index (κ1) is 26.2. The number of halogens is 1. The predicted molar refractivity (Wildman–Crippen MR) is 133 cm³/mol. The Morgan fingerprint density at radius 2 is 1.85 bits per heavy atom. The van der Waals surface area contributed by atoms with E-state index in [1.807, 2.05) is 7.05 Å². The van der Waals surface area contributed by atoms with Crippen LogP contribution in [-0.4, -0.2) is 55.2 Å². The molecule has 1 amide bonds. The molecular formula is C25H39FN6O2. The number of hydrogen-bond donors (Lipinski definition) is 3. The number of carbonyl (C=O) groups excluding carboxylic acids is 1. The Balaban J connectivity index is 1.71. The Hall–Kier alpha value is -2.39. The zero-order valence-corrected chi connectivity index (χ0v) is 21.0. The maximum Gasteiger partial charge on any atom is 0.266 e. The van der Waals surface area contributed by atoms with Gasteiger partial charge in [-0.3, -0.25) is 9.69 Å². The molecule has 3 N–H and O–H groups in total. The van der Waals surface area contributed by atoms with Crippen molar-refractivity contribution >= 4 is 11.9 Å². The van der Waals surface area contributed by atoms with Gasteiger partial charge in [0.15, 0.2) is 0 Å². The van der Waals surface area contributed by atoms with Gasteiger partial charge in [-0.05, 0) is 56.5 Å². The number of rotatable bonds is 8. The average Bonchev–Trinajstić information content (AvgIpc) is 3.28. The number of amides is 1. The van der Waals surface area contributed by atoms with Crippen LogP contribution < -0.4 is 16.0 Å². The van der Waals surface area contributed by atoms with Crippen molar-refractivity contribution in [1.82, 2.24) is 20.9 Å². The van der Waals surface area contributed by atoms with Gasteiger partial charge in [0.05, 0.1) is 12.2 Å². The molecule has 8 nitrogen and oxygen atoms in total. The summed E-state index contributed by atoms with van der Waals surface area (Å²) >= 11 is 0. The third-order valence-electron chi connectivity index (χ3n) is 7.13. The van der Waals surface area contributed by atoms with E-state index in [4.69, 9.17) is 0 Å². The van der Waals surface area contributed by atoms with Gasteiger partial charge in [-0.2, -0.15) is 9.90 Å². The van der Waals surface area contributed by atoms with Crippen molar-refractivity contribution in [3.63, 3.8) is 0 Å². The highest BCUT2D eigenvalue weighted by atomic mass is 19.1. The Morgan fingerprint density at radius 1 is 1.21 bits per heavy atom. The predicted octanol–water partition coefficient (Wildman–Crippen LogP) is 3.69. The van der Waals surface area contributed by atoms with Gasteiger partial charge in [-0.15, -0.1) is 0 Å². The van der Waals surface area contributed by atoms with E-state index in [9.17, 15) is 14.1 Å². The second-order valence-corrected chi connectivity index (χ2v) is 10.6. The largest absolute Gasteiger partial charge is 0.353 e. The molecule has 2 aliphatic rings. The highest BCUT2D eigenvalue weighted by Gasteiger charge is 2.45. The van der Waals surface area contributed by atoms with Gasteiger partial charge in [0.1, 0.15) is 11.9 Å². The van der Waals surface area contributed by atoms with Gasteiger partial charge in [-0.25, -0.2) is 4.39 Å². The lowest BCUT2D eigenvalue weighted by molar-refractivity contribution is -0.133. The lowest BCUT2D eigenvalue weighted by Gasteiger charge is -2.51. The van der Waals surface area contributed by atoms with Crippen LogP contribution in [0.5, 0.6) is 0 Å². The quantitative estimate of drug-likeness (QED) is 0.230. The van der Waals surface area contributed by atoms with E-state index < -0.39 is 6.04 Å². The summed E-state index contributed by atoms with van der Waals surface area (Å²) in [4.78, 5) is 31.2. The maximum atomic E-state index is 13.3. The monoisotopic (exact) mass is 474 g/mol. The van der Waals surface area contributed by atoms with Crippen molar-refractivity contribution in [1.29, 1.82) is 0 Å². The highest BCUT2D eigenvalue weighted by molar-refractivity contribution is 5.96. The van der Waals surface area contributed by atoms with E-state index >= 15 is 0 Å². The van der Waals surface area contributed by atoms with Crippen LogP contribution in [0, 0.1) is 16.1 Å². The van der Waals surface area contributed by atoms with Gasteiger partial charge in [0.25, 0.3) is 5.91 Å². The van der Waals surface area contributed by atoms with E-state index in [2.05, 4.69) is 51.8 Å². The second-order valence-electron chi connectivity index (χ2n) is 10.6. The minimum atomic E-state index is -0.667. The Kier molecular flexibility index (Phi) is 8.76. The lowest BCUT2D eigenvalue weighted by Crippen LogP contribution is -2.62. The fraction of sp³-hybridized carbons (Fsp3) is 0.680. The minimum Gasteiger partial charge on any atom is -0.353 e.